The van der Waals surface area contributed by atoms with Gasteiger partial charge in [0.2, 0.25) is 11.8 Å². The van der Waals surface area contributed by atoms with Gasteiger partial charge in [0.1, 0.15) is 0 Å². The molecular formula is C22H33BrN2O4S. The Morgan fingerprint density at radius 1 is 1.17 bits per heavy atom. The number of amides is 2. The molecule has 0 N–H and O–H groups in total. The van der Waals surface area contributed by atoms with Crippen molar-refractivity contribution in [3.8, 4) is 0 Å². The van der Waals surface area contributed by atoms with Crippen molar-refractivity contribution < 1.29 is 18.0 Å². The summed E-state index contributed by atoms with van der Waals surface area (Å²) < 4.78 is 26.6. The highest BCUT2D eigenvalue weighted by molar-refractivity contribution is 9.10. The Morgan fingerprint density at radius 2 is 1.77 bits per heavy atom. The number of unbranched alkanes of at least 4 members (excludes halogenated alkanes) is 2. The molecule has 0 saturated heterocycles. The second-order valence-corrected chi connectivity index (χ2v) is 10.9. The highest BCUT2D eigenvalue weighted by atomic mass is 79.9. The Bertz CT molecular complexity index is 877. The van der Waals surface area contributed by atoms with E-state index in [0.717, 1.165) is 31.2 Å². The maximum Gasteiger partial charge on any atom is 0.224 e. The van der Waals surface area contributed by atoms with Gasteiger partial charge in [-0.1, -0.05) is 26.7 Å². The van der Waals surface area contributed by atoms with Gasteiger partial charge in [0.15, 0.2) is 9.84 Å². The van der Waals surface area contributed by atoms with Crippen LogP contribution in [-0.2, 0) is 25.8 Å². The summed E-state index contributed by atoms with van der Waals surface area (Å²) in [6.07, 6.45) is 4.46. The minimum Gasteiger partial charge on any atom is -0.343 e. The molecule has 2 amide bonds. The summed E-state index contributed by atoms with van der Waals surface area (Å²) in [5, 5.41) is 0. The molecule has 6 nitrogen and oxygen atoms in total. The van der Waals surface area contributed by atoms with E-state index in [2.05, 4.69) is 29.8 Å². The molecule has 1 heterocycles. The summed E-state index contributed by atoms with van der Waals surface area (Å²) in [7, 11) is -3.68. The van der Waals surface area contributed by atoms with Gasteiger partial charge in [-0.15, -0.1) is 0 Å². The summed E-state index contributed by atoms with van der Waals surface area (Å²) in [6.45, 7) is 8.92. The smallest absolute Gasteiger partial charge is 0.224 e. The average Bonchev–Trinajstić information content (AvgIpc) is 3.00. The SMILES string of the molecule is CCCCN(CCCC)C(=O)CCS(=O)(=O)c1cc2c(cc1Br)C[C@H](C)N2C(C)=O. The van der Waals surface area contributed by atoms with E-state index in [1.165, 1.54) is 6.92 Å². The Balaban J connectivity index is 2.19. The lowest BCUT2D eigenvalue weighted by Crippen LogP contribution is -2.34. The van der Waals surface area contributed by atoms with Crippen LogP contribution in [0.25, 0.3) is 0 Å². The Hall–Kier alpha value is -1.41. The van der Waals surface area contributed by atoms with Crippen molar-refractivity contribution in [3.63, 3.8) is 0 Å². The van der Waals surface area contributed by atoms with Crippen molar-refractivity contribution in [2.45, 2.75) is 77.2 Å². The van der Waals surface area contributed by atoms with Crippen molar-refractivity contribution in [2.24, 2.45) is 0 Å². The van der Waals surface area contributed by atoms with Crippen molar-refractivity contribution >= 4 is 43.3 Å². The lowest BCUT2D eigenvalue weighted by molar-refractivity contribution is -0.131. The molecule has 2 rings (SSSR count). The molecule has 0 bridgehead atoms. The van der Waals surface area contributed by atoms with Crippen LogP contribution in [0, 0.1) is 0 Å². The first kappa shape index (κ1) is 24.9. The number of rotatable bonds is 10. The highest BCUT2D eigenvalue weighted by Gasteiger charge is 2.32. The van der Waals surface area contributed by atoms with Crippen LogP contribution < -0.4 is 4.90 Å². The number of anilines is 1. The van der Waals surface area contributed by atoms with Gasteiger partial charge in [0.25, 0.3) is 0 Å². The van der Waals surface area contributed by atoms with Crippen LogP contribution in [0.5, 0.6) is 0 Å². The fourth-order valence-electron chi connectivity index (χ4n) is 3.89. The molecule has 1 aliphatic heterocycles. The quantitative estimate of drug-likeness (QED) is 0.478. The van der Waals surface area contributed by atoms with E-state index in [-0.39, 0.29) is 34.9 Å². The van der Waals surface area contributed by atoms with E-state index in [0.29, 0.717) is 29.7 Å². The van der Waals surface area contributed by atoms with Crippen molar-refractivity contribution in [3.05, 3.63) is 22.2 Å². The first-order valence-corrected chi connectivity index (χ1v) is 13.2. The van der Waals surface area contributed by atoms with E-state index in [4.69, 9.17) is 0 Å². The molecule has 0 aromatic heterocycles. The summed E-state index contributed by atoms with van der Waals surface area (Å²) in [6, 6.07) is 3.36. The third-order valence-electron chi connectivity index (χ3n) is 5.52. The summed E-state index contributed by atoms with van der Waals surface area (Å²) in [5.41, 5.74) is 1.60. The number of sulfone groups is 1. The minimum absolute atomic E-state index is 0.00498. The van der Waals surface area contributed by atoms with E-state index in [1.807, 2.05) is 6.92 Å². The second kappa shape index (κ2) is 10.8. The molecule has 1 aliphatic rings. The number of hydrogen-bond donors (Lipinski definition) is 0. The van der Waals surface area contributed by atoms with E-state index < -0.39 is 9.84 Å². The van der Waals surface area contributed by atoms with E-state index in [1.54, 1.807) is 21.9 Å². The van der Waals surface area contributed by atoms with Gasteiger partial charge >= 0.3 is 0 Å². The summed E-state index contributed by atoms with van der Waals surface area (Å²) in [5.74, 6) is -0.463. The van der Waals surface area contributed by atoms with Gasteiger partial charge in [0, 0.05) is 42.6 Å². The second-order valence-electron chi connectivity index (χ2n) is 8.01. The standard InChI is InChI=1S/C22H33BrN2O4S/c1-5-7-10-24(11-8-6-2)22(27)9-12-30(28,29)21-15-20-18(14-19(21)23)13-16(3)25(20)17(4)26/h14-16H,5-13H2,1-4H3/t16-/m0/s1. The fourth-order valence-corrected chi connectivity index (χ4v) is 6.33. The van der Waals surface area contributed by atoms with Crippen molar-refractivity contribution in [1.29, 1.82) is 0 Å². The van der Waals surface area contributed by atoms with Crippen LogP contribution in [0.4, 0.5) is 5.69 Å². The molecule has 1 aromatic rings. The zero-order chi connectivity index (χ0) is 22.5. The van der Waals surface area contributed by atoms with Gasteiger partial charge in [-0.25, -0.2) is 8.42 Å². The average molecular weight is 501 g/mol. The molecule has 168 valence electrons. The Labute approximate surface area is 189 Å². The van der Waals surface area contributed by atoms with Crippen LogP contribution >= 0.6 is 15.9 Å². The number of halogens is 1. The fraction of sp³-hybridized carbons (Fsp3) is 0.636. The molecule has 0 unspecified atom stereocenters. The Morgan fingerprint density at radius 3 is 2.30 bits per heavy atom. The van der Waals surface area contributed by atoms with Gasteiger partial charge < -0.3 is 9.80 Å². The molecule has 1 aromatic carbocycles. The van der Waals surface area contributed by atoms with Crippen molar-refractivity contribution in [1.82, 2.24) is 4.90 Å². The van der Waals surface area contributed by atoms with Crippen LogP contribution in [0.3, 0.4) is 0 Å². The number of hydrogen-bond acceptors (Lipinski definition) is 4. The third-order valence-corrected chi connectivity index (χ3v) is 8.19. The molecule has 0 aliphatic carbocycles. The van der Waals surface area contributed by atoms with Crippen molar-refractivity contribution in [2.75, 3.05) is 23.7 Å². The number of carbonyl (C=O) groups is 2. The van der Waals surface area contributed by atoms with Gasteiger partial charge in [0.05, 0.1) is 10.6 Å². The maximum absolute atomic E-state index is 13.1. The number of fused-ring (bicyclic) bond motifs is 1. The van der Waals surface area contributed by atoms with Crippen LogP contribution in [-0.4, -0.2) is 50.0 Å². The van der Waals surface area contributed by atoms with Crippen LogP contribution in [0.2, 0.25) is 0 Å². The summed E-state index contributed by atoms with van der Waals surface area (Å²) >= 11 is 3.39. The Kier molecular flexibility index (Phi) is 8.91. The third kappa shape index (κ3) is 5.84. The van der Waals surface area contributed by atoms with Crippen LogP contribution in [0.15, 0.2) is 21.5 Å². The van der Waals surface area contributed by atoms with Gasteiger partial charge in [-0.3, -0.25) is 9.59 Å². The predicted octanol–water partition coefficient (Wildman–Crippen LogP) is 4.34. The highest BCUT2D eigenvalue weighted by Crippen LogP contribution is 2.38. The van der Waals surface area contributed by atoms with Gasteiger partial charge in [-0.05, 0) is 59.8 Å². The van der Waals surface area contributed by atoms with E-state index >= 15 is 0 Å². The zero-order valence-corrected chi connectivity index (χ0v) is 20.8. The monoisotopic (exact) mass is 500 g/mol. The predicted molar refractivity (Wildman–Crippen MR) is 124 cm³/mol. The number of benzene rings is 1. The molecule has 0 spiro atoms. The lowest BCUT2D eigenvalue weighted by atomic mass is 10.1. The maximum atomic E-state index is 13.1. The molecule has 8 heteroatoms. The molecule has 1 atom stereocenters. The normalized spacial score (nSPS) is 15.9. The topological polar surface area (TPSA) is 74.8 Å². The molecular weight excluding hydrogens is 468 g/mol. The zero-order valence-electron chi connectivity index (χ0n) is 18.4. The number of carbonyl (C=O) groups excluding carboxylic acids is 2. The number of nitrogens with zero attached hydrogens (tertiary/aromatic N) is 2. The largest absolute Gasteiger partial charge is 0.343 e. The lowest BCUT2D eigenvalue weighted by Gasteiger charge is -2.23. The molecule has 0 saturated carbocycles. The molecule has 0 radical (unpaired) electrons. The van der Waals surface area contributed by atoms with E-state index in [9.17, 15) is 18.0 Å². The summed E-state index contributed by atoms with van der Waals surface area (Å²) in [4.78, 5) is 28.3. The molecule has 0 fully saturated rings. The van der Waals surface area contributed by atoms with Gasteiger partial charge in [-0.2, -0.15) is 0 Å². The minimum atomic E-state index is -3.68. The first-order valence-electron chi connectivity index (χ1n) is 10.7. The molecule has 30 heavy (non-hydrogen) atoms. The first-order chi connectivity index (χ1) is 14.1. The van der Waals surface area contributed by atoms with Crippen LogP contribution in [0.1, 0.15) is 65.4 Å².